The molecule has 178 valence electrons. The molecule has 6 rings (SSSR count). The van der Waals surface area contributed by atoms with E-state index in [0.717, 1.165) is 56.0 Å². The summed E-state index contributed by atoms with van der Waals surface area (Å²) in [6, 6.07) is 8.18. The maximum absolute atomic E-state index is 13.0. The van der Waals surface area contributed by atoms with Gasteiger partial charge in [0.15, 0.2) is 5.65 Å². The molecule has 2 aliphatic heterocycles. The first-order valence-electron chi connectivity index (χ1n) is 11.9. The topological polar surface area (TPSA) is 99.6 Å². The van der Waals surface area contributed by atoms with Gasteiger partial charge in [0.2, 0.25) is 0 Å². The molecule has 1 amide bonds. The van der Waals surface area contributed by atoms with Crippen molar-refractivity contribution >= 4 is 40.1 Å². The van der Waals surface area contributed by atoms with Crippen LogP contribution in [-0.4, -0.2) is 77.9 Å². The Hall–Kier alpha value is -3.37. The zero-order chi connectivity index (χ0) is 23.2. The number of carbonyl (C=O) groups is 1. The molecule has 4 heterocycles. The van der Waals surface area contributed by atoms with Gasteiger partial charge in [0.1, 0.15) is 17.7 Å². The van der Waals surface area contributed by atoms with Gasteiger partial charge in [-0.1, -0.05) is 0 Å². The van der Waals surface area contributed by atoms with Crippen LogP contribution in [0.25, 0.3) is 11.2 Å². The van der Waals surface area contributed by atoms with Crippen molar-refractivity contribution in [1.29, 1.82) is 0 Å². The normalized spacial score (nSPS) is 23.0. The van der Waals surface area contributed by atoms with E-state index in [1.165, 1.54) is 16.6 Å². The predicted molar refractivity (Wildman–Crippen MR) is 132 cm³/mol. The number of piperazine rings is 1. The lowest BCUT2D eigenvalue weighted by Crippen LogP contribution is -2.52. The molecule has 1 saturated heterocycles. The third-order valence-electron chi connectivity index (χ3n) is 7.10. The van der Waals surface area contributed by atoms with Gasteiger partial charge in [0.25, 0.3) is 0 Å². The summed E-state index contributed by atoms with van der Waals surface area (Å²) < 4.78 is 7.74. The number of hydrogen-bond donors (Lipinski definition) is 3. The Morgan fingerprint density at radius 2 is 1.97 bits per heavy atom. The minimum absolute atomic E-state index is 0.00164. The van der Waals surface area contributed by atoms with E-state index in [-0.39, 0.29) is 18.2 Å². The number of anilines is 4. The van der Waals surface area contributed by atoms with Gasteiger partial charge in [-0.05, 0) is 43.7 Å². The third kappa shape index (κ3) is 3.82. The van der Waals surface area contributed by atoms with Crippen molar-refractivity contribution in [2.45, 2.75) is 31.6 Å². The number of nitrogens with one attached hydrogen (secondary N) is 3. The van der Waals surface area contributed by atoms with Gasteiger partial charge in [-0.3, -0.25) is 0 Å². The first kappa shape index (κ1) is 21.2. The van der Waals surface area contributed by atoms with Gasteiger partial charge < -0.3 is 30.5 Å². The molecule has 1 aliphatic carbocycles. The first-order chi connectivity index (χ1) is 16.6. The number of nitrogens with zero attached hydrogens (tertiary/aromatic N) is 5. The van der Waals surface area contributed by atoms with Gasteiger partial charge >= 0.3 is 6.03 Å². The molecular formula is C24H30N8O2. The number of hydrogen-bond acceptors (Lipinski definition) is 8. The van der Waals surface area contributed by atoms with Gasteiger partial charge in [0, 0.05) is 50.7 Å². The Labute approximate surface area is 198 Å². The van der Waals surface area contributed by atoms with E-state index in [4.69, 9.17) is 9.72 Å². The van der Waals surface area contributed by atoms with Crippen molar-refractivity contribution in [2.24, 2.45) is 0 Å². The lowest BCUT2D eigenvalue weighted by atomic mass is 9.89. The molecule has 0 spiro atoms. The van der Waals surface area contributed by atoms with Crippen LogP contribution in [0.2, 0.25) is 0 Å². The Balaban J connectivity index is 1.43. The number of ether oxygens (including phenoxy) is 1. The number of carbonyl (C=O) groups excluding carboxylic acids is 1. The summed E-state index contributed by atoms with van der Waals surface area (Å²) in [5, 5.41) is 9.76. The fourth-order valence-corrected chi connectivity index (χ4v) is 4.88. The number of benzene rings is 1. The SMILES string of the molecule is CNc1cc2nc3c1ncn3C(=O)N[C@@H]1CC[C@H]1OCc1cc(cc(N3CCN(C)CC3)c1)N2. The molecule has 10 heteroatoms. The van der Waals surface area contributed by atoms with Crippen molar-refractivity contribution in [3.05, 3.63) is 36.2 Å². The van der Waals surface area contributed by atoms with Gasteiger partial charge in [0.05, 0.1) is 24.4 Å². The van der Waals surface area contributed by atoms with Gasteiger partial charge in [-0.25, -0.2) is 19.3 Å². The molecule has 2 aromatic heterocycles. The molecule has 4 bridgehead atoms. The van der Waals surface area contributed by atoms with Crippen LogP contribution in [0.15, 0.2) is 30.6 Å². The van der Waals surface area contributed by atoms with Crippen LogP contribution in [0.4, 0.5) is 27.7 Å². The van der Waals surface area contributed by atoms with Crippen molar-refractivity contribution < 1.29 is 9.53 Å². The van der Waals surface area contributed by atoms with E-state index in [9.17, 15) is 4.79 Å². The predicted octanol–water partition coefficient (Wildman–Crippen LogP) is 2.59. The summed E-state index contributed by atoms with van der Waals surface area (Å²) >= 11 is 0. The highest BCUT2D eigenvalue weighted by Crippen LogP contribution is 2.31. The van der Waals surface area contributed by atoms with E-state index in [0.29, 0.717) is 23.6 Å². The smallest absolute Gasteiger partial charge is 0.328 e. The Bertz CT molecular complexity index is 1230. The maximum Gasteiger partial charge on any atom is 0.328 e. The van der Waals surface area contributed by atoms with Crippen molar-refractivity contribution in [3.63, 3.8) is 0 Å². The molecule has 0 radical (unpaired) electrons. The number of fused-ring (bicyclic) bond motifs is 4. The molecule has 10 nitrogen and oxygen atoms in total. The van der Waals surface area contributed by atoms with Crippen LogP contribution in [0.5, 0.6) is 0 Å². The lowest BCUT2D eigenvalue weighted by Gasteiger charge is -2.37. The zero-order valence-corrected chi connectivity index (χ0v) is 19.5. The van der Waals surface area contributed by atoms with E-state index in [1.54, 1.807) is 0 Å². The molecule has 2 fully saturated rings. The summed E-state index contributed by atoms with van der Waals surface area (Å²) in [4.78, 5) is 27.0. The van der Waals surface area contributed by atoms with Crippen molar-refractivity contribution in [3.8, 4) is 0 Å². The molecule has 0 unspecified atom stereocenters. The molecule has 34 heavy (non-hydrogen) atoms. The number of pyridine rings is 1. The van der Waals surface area contributed by atoms with Crippen LogP contribution < -0.4 is 20.9 Å². The summed E-state index contributed by atoms with van der Waals surface area (Å²) in [5.74, 6) is 0.646. The lowest BCUT2D eigenvalue weighted by molar-refractivity contribution is -0.0323. The number of aromatic nitrogens is 3. The summed E-state index contributed by atoms with van der Waals surface area (Å²) in [6.07, 6.45) is 3.37. The number of rotatable bonds is 2. The van der Waals surface area contributed by atoms with Crippen LogP contribution in [0, 0.1) is 0 Å². The highest BCUT2D eigenvalue weighted by Gasteiger charge is 2.34. The highest BCUT2D eigenvalue weighted by atomic mass is 16.5. The average molecular weight is 463 g/mol. The zero-order valence-electron chi connectivity index (χ0n) is 19.5. The Morgan fingerprint density at radius 3 is 2.74 bits per heavy atom. The largest absolute Gasteiger partial charge is 0.386 e. The maximum atomic E-state index is 13.0. The Kier molecular flexibility index (Phi) is 5.26. The fraction of sp³-hybridized carbons (Fsp3) is 0.458. The molecule has 1 saturated carbocycles. The van der Waals surface area contributed by atoms with Crippen LogP contribution in [-0.2, 0) is 11.3 Å². The fourth-order valence-electron chi connectivity index (χ4n) is 4.88. The second-order valence-electron chi connectivity index (χ2n) is 9.38. The number of amides is 1. The molecule has 1 aromatic carbocycles. The summed E-state index contributed by atoms with van der Waals surface area (Å²) in [7, 11) is 4.01. The monoisotopic (exact) mass is 462 g/mol. The number of likely N-dealkylation sites (N-methyl/N-ethyl adjacent to an activating group) is 1. The molecule has 3 aromatic rings. The summed E-state index contributed by atoms with van der Waals surface area (Å²) in [5.41, 5.74) is 5.21. The minimum atomic E-state index is -0.236. The van der Waals surface area contributed by atoms with E-state index in [2.05, 4.69) is 56.0 Å². The molecule has 3 N–H and O–H groups in total. The highest BCUT2D eigenvalue weighted by molar-refractivity contribution is 5.94. The van der Waals surface area contributed by atoms with Crippen LogP contribution in [0.3, 0.4) is 0 Å². The second kappa shape index (κ2) is 8.44. The third-order valence-corrected chi connectivity index (χ3v) is 7.10. The van der Waals surface area contributed by atoms with E-state index >= 15 is 0 Å². The van der Waals surface area contributed by atoms with Crippen molar-refractivity contribution in [1.82, 2.24) is 24.8 Å². The van der Waals surface area contributed by atoms with Gasteiger partial charge in [-0.15, -0.1) is 0 Å². The average Bonchev–Trinajstić information content (AvgIpc) is 3.25. The standard InChI is InChI=1S/C24H30N8O2/c1-25-19-12-21-27-16-9-15(10-17(11-16)31-7-5-30(2)6-8-31)13-34-20-4-3-18(20)28-24(33)32-14-26-22(19)23(32)29-21/h9-12,14,18,20H,3-8,13H2,1-2H3,(H,28,33)(H2,25,27,29)/t18-,20-/m1/s1. The second-order valence-corrected chi connectivity index (χ2v) is 9.38. The van der Waals surface area contributed by atoms with E-state index in [1.807, 2.05) is 13.1 Å². The van der Waals surface area contributed by atoms with E-state index < -0.39 is 0 Å². The van der Waals surface area contributed by atoms with Crippen LogP contribution in [0.1, 0.15) is 18.4 Å². The van der Waals surface area contributed by atoms with Gasteiger partial charge in [-0.2, -0.15) is 0 Å². The summed E-state index contributed by atoms with van der Waals surface area (Å²) in [6.45, 7) is 4.56. The molecule has 2 atom stereocenters. The molecular weight excluding hydrogens is 432 g/mol. The van der Waals surface area contributed by atoms with Crippen LogP contribution >= 0.6 is 0 Å². The number of imidazole rings is 1. The van der Waals surface area contributed by atoms with Crippen molar-refractivity contribution in [2.75, 3.05) is 55.8 Å². The quantitative estimate of drug-likeness (QED) is 0.535. The molecule has 3 aliphatic rings. The first-order valence-corrected chi connectivity index (χ1v) is 11.9. The Morgan fingerprint density at radius 1 is 1.12 bits per heavy atom. The minimum Gasteiger partial charge on any atom is -0.386 e.